The third kappa shape index (κ3) is 2.22. The van der Waals surface area contributed by atoms with Crippen LogP contribution in [0.3, 0.4) is 0 Å². The topological polar surface area (TPSA) is 35.0 Å². The number of methoxy groups -OCH3 is 1. The van der Waals surface area contributed by atoms with Gasteiger partial charge < -0.3 is 4.74 Å². The second-order valence-corrected chi connectivity index (χ2v) is 3.79. The van der Waals surface area contributed by atoms with Gasteiger partial charge in [-0.3, -0.25) is 4.98 Å². The molecule has 4 heteroatoms. The first-order chi connectivity index (χ1) is 7.85. The Bertz CT molecular complexity index is 474. The van der Waals surface area contributed by atoms with Crippen LogP contribution in [0.15, 0.2) is 36.7 Å². The second-order valence-electron chi connectivity index (χ2n) is 3.23. The van der Waals surface area contributed by atoms with Crippen molar-refractivity contribution in [2.75, 3.05) is 7.11 Å². The van der Waals surface area contributed by atoms with Crippen molar-refractivity contribution in [3.05, 3.63) is 42.4 Å². The lowest BCUT2D eigenvalue weighted by molar-refractivity contribution is 0.398. The van der Waals surface area contributed by atoms with Gasteiger partial charge >= 0.3 is 0 Å². The minimum absolute atomic E-state index is 0.642. The van der Waals surface area contributed by atoms with Crippen molar-refractivity contribution in [3.63, 3.8) is 0 Å². The van der Waals surface area contributed by atoms with E-state index in [1.807, 2.05) is 24.3 Å². The number of hydrogen-bond acceptors (Lipinski definition) is 3. The van der Waals surface area contributed by atoms with Crippen molar-refractivity contribution in [1.82, 2.24) is 9.97 Å². The quantitative estimate of drug-likeness (QED) is 0.810. The van der Waals surface area contributed by atoms with Crippen LogP contribution in [0.2, 0.25) is 0 Å². The second kappa shape index (κ2) is 5.07. The van der Waals surface area contributed by atoms with Gasteiger partial charge in [-0.15, -0.1) is 0 Å². The van der Waals surface area contributed by atoms with Gasteiger partial charge in [-0.1, -0.05) is 15.9 Å². The zero-order valence-electron chi connectivity index (χ0n) is 8.85. The fourth-order valence-electron chi connectivity index (χ4n) is 1.46. The van der Waals surface area contributed by atoms with E-state index >= 15 is 0 Å². The Morgan fingerprint density at radius 1 is 1.19 bits per heavy atom. The number of halogens is 1. The summed E-state index contributed by atoms with van der Waals surface area (Å²) in [5.41, 5.74) is 2.99. The summed E-state index contributed by atoms with van der Waals surface area (Å²) < 4.78 is 5.29. The van der Waals surface area contributed by atoms with Crippen molar-refractivity contribution >= 4 is 15.9 Å². The summed E-state index contributed by atoms with van der Waals surface area (Å²) >= 11 is 3.37. The van der Waals surface area contributed by atoms with E-state index < -0.39 is 0 Å². The van der Waals surface area contributed by atoms with Crippen molar-refractivity contribution in [2.24, 2.45) is 0 Å². The minimum atomic E-state index is 0.642. The first-order valence-corrected chi connectivity index (χ1v) is 5.97. The molecule has 2 heterocycles. The van der Waals surface area contributed by atoms with Crippen LogP contribution in [0.1, 0.15) is 5.69 Å². The van der Waals surface area contributed by atoms with Crippen molar-refractivity contribution < 1.29 is 4.74 Å². The molecule has 0 radical (unpaired) electrons. The Balaban J connectivity index is 2.49. The largest absolute Gasteiger partial charge is 0.481 e. The predicted octanol–water partition coefficient (Wildman–Crippen LogP) is 3.05. The third-order valence-corrected chi connectivity index (χ3v) is 2.81. The lowest BCUT2D eigenvalue weighted by Crippen LogP contribution is -1.94. The molecule has 0 saturated heterocycles. The van der Waals surface area contributed by atoms with Gasteiger partial charge in [-0.2, -0.15) is 0 Å². The minimum Gasteiger partial charge on any atom is -0.481 e. The lowest BCUT2D eigenvalue weighted by Gasteiger charge is -2.08. The molecule has 16 heavy (non-hydrogen) atoms. The number of pyridine rings is 2. The third-order valence-electron chi connectivity index (χ3n) is 2.24. The molecule has 82 valence electrons. The van der Waals surface area contributed by atoms with Gasteiger partial charge in [0, 0.05) is 23.3 Å². The molecule has 0 aliphatic carbocycles. The number of hydrogen-bond donors (Lipinski definition) is 0. The first kappa shape index (κ1) is 11.1. The number of nitrogens with zero attached hydrogens (tertiary/aromatic N) is 2. The fourth-order valence-corrected chi connectivity index (χ4v) is 1.77. The maximum atomic E-state index is 5.29. The Hall–Kier alpha value is -1.42. The van der Waals surface area contributed by atoms with E-state index in [2.05, 4.69) is 25.9 Å². The molecule has 0 bridgehead atoms. The Morgan fingerprint density at radius 3 is 2.56 bits per heavy atom. The standard InChI is InChI=1S/C12H11BrN2O/c1-16-12-11(3-2-10(8-13)15-12)9-4-6-14-7-5-9/h2-7H,8H2,1H3. The molecule has 2 aromatic heterocycles. The Labute approximate surface area is 103 Å². The highest BCUT2D eigenvalue weighted by molar-refractivity contribution is 9.08. The highest BCUT2D eigenvalue weighted by Gasteiger charge is 2.07. The van der Waals surface area contributed by atoms with Crippen LogP contribution < -0.4 is 4.74 Å². The van der Waals surface area contributed by atoms with E-state index in [0.717, 1.165) is 22.2 Å². The van der Waals surface area contributed by atoms with Gasteiger partial charge in [0.2, 0.25) is 5.88 Å². The van der Waals surface area contributed by atoms with E-state index in [0.29, 0.717) is 5.88 Å². The maximum absolute atomic E-state index is 5.29. The van der Waals surface area contributed by atoms with Gasteiger partial charge in [0.25, 0.3) is 0 Å². The van der Waals surface area contributed by atoms with Gasteiger partial charge in [0.15, 0.2) is 0 Å². The van der Waals surface area contributed by atoms with Crippen LogP contribution in [0.4, 0.5) is 0 Å². The van der Waals surface area contributed by atoms with Crippen molar-refractivity contribution in [3.8, 4) is 17.0 Å². The highest BCUT2D eigenvalue weighted by atomic mass is 79.9. The molecule has 0 N–H and O–H groups in total. The first-order valence-electron chi connectivity index (χ1n) is 4.85. The van der Waals surface area contributed by atoms with E-state index in [-0.39, 0.29) is 0 Å². The van der Waals surface area contributed by atoms with Gasteiger partial charge in [0.05, 0.1) is 12.8 Å². The van der Waals surface area contributed by atoms with Crippen molar-refractivity contribution in [1.29, 1.82) is 0 Å². The summed E-state index contributed by atoms with van der Waals surface area (Å²) in [6.45, 7) is 0. The van der Waals surface area contributed by atoms with E-state index in [1.54, 1.807) is 19.5 Å². The molecule has 2 rings (SSSR count). The molecule has 0 fully saturated rings. The van der Waals surface area contributed by atoms with Crippen LogP contribution in [-0.2, 0) is 5.33 Å². The zero-order chi connectivity index (χ0) is 11.4. The molecule has 0 aliphatic heterocycles. The monoisotopic (exact) mass is 278 g/mol. The zero-order valence-corrected chi connectivity index (χ0v) is 10.4. The van der Waals surface area contributed by atoms with Crippen LogP contribution in [0, 0.1) is 0 Å². The highest BCUT2D eigenvalue weighted by Crippen LogP contribution is 2.28. The number of ether oxygens (including phenoxy) is 1. The SMILES string of the molecule is COc1nc(CBr)ccc1-c1ccncc1. The molecule has 0 aliphatic rings. The molecule has 2 aromatic rings. The molecule has 0 atom stereocenters. The normalized spacial score (nSPS) is 10.1. The Morgan fingerprint density at radius 2 is 1.94 bits per heavy atom. The average molecular weight is 279 g/mol. The summed E-state index contributed by atoms with van der Waals surface area (Å²) in [4.78, 5) is 8.39. The summed E-state index contributed by atoms with van der Waals surface area (Å²) in [5, 5.41) is 0.722. The molecular weight excluding hydrogens is 268 g/mol. The van der Waals surface area contributed by atoms with Crippen LogP contribution in [0.5, 0.6) is 5.88 Å². The molecule has 0 amide bonds. The lowest BCUT2D eigenvalue weighted by atomic mass is 10.1. The molecule has 3 nitrogen and oxygen atoms in total. The van der Waals surface area contributed by atoms with Crippen LogP contribution >= 0.6 is 15.9 Å². The smallest absolute Gasteiger partial charge is 0.221 e. The van der Waals surface area contributed by atoms with E-state index in [9.17, 15) is 0 Å². The molecular formula is C12H11BrN2O. The molecule has 0 saturated carbocycles. The average Bonchev–Trinajstić information content (AvgIpc) is 2.39. The van der Waals surface area contributed by atoms with E-state index in [4.69, 9.17) is 4.74 Å². The summed E-state index contributed by atoms with van der Waals surface area (Å²) in [5.74, 6) is 0.642. The van der Waals surface area contributed by atoms with E-state index in [1.165, 1.54) is 0 Å². The summed E-state index contributed by atoms with van der Waals surface area (Å²) in [6, 6.07) is 7.87. The molecule has 0 aromatic carbocycles. The fraction of sp³-hybridized carbons (Fsp3) is 0.167. The van der Waals surface area contributed by atoms with Crippen molar-refractivity contribution in [2.45, 2.75) is 5.33 Å². The Kier molecular flexibility index (Phi) is 3.51. The predicted molar refractivity (Wildman–Crippen MR) is 66.7 cm³/mol. The van der Waals surface area contributed by atoms with Gasteiger partial charge in [0.1, 0.15) is 0 Å². The number of alkyl halides is 1. The maximum Gasteiger partial charge on any atom is 0.221 e. The van der Waals surface area contributed by atoms with Crippen LogP contribution in [-0.4, -0.2) is 17.1 Å². The van der Waals surface area contributed by atoms with Gasteiger partial charge in [-0.25, -0.2) is 4.98 Å². The van der Waals surface area contributed by atoms with Gasteiger partial charge in [-0.05, 0) is 29.8 Å². The molecule has 0 spiro atoms. The van der Waals surface area contributed by atoms with Crippen LogP contribution in [0.25, 0.3) is 11.1 Å². The summed E-state index contributed by atoms with van der Waals surface area (Å²) in [6.07, 6.45) is 3.51. The summed E-state index contributed by atoms with van der Waals surface area (Å²) in [7, 11) is 1.63. The molecule has 0 unspecified atom stereocenters. The number of aromatic nitrogens is 2. The number of rotatable bonds is 3.